The average Bonchev–Trinajstić information content (AvgIpc) is 2.74. The van der Waals surface area contributed by atoms with Crippen molar-refractivity contribution in [1.82, 2.24) is 10.6 Å². The third-order valence-corrected chi connectivity index (χ3v) is 6.44. The molecule has 1 saturated carbocycles. The van der Waals surface area contributed by atoms with Gasteiger partial charge in [0.05, 0.1) is 6.04 Å². The minimum absolute atomic E-state index is 0.106. The van der Waals surface area contributed by atoms with Crippen molar-refractivity contribution in [2.24, 2.45) is 23.7 Å². The van der Waals surface area contributed by atoms with Crippen molar-refractivity contribution in [1.29, 1.82) is 0 Å². The lowest BCUT2D eigenvalue weighted by molar-refractivity contribution is -0.127. The van der Waals surface area contributed by atoms with Crippen LogP contribution in [-0.2, 0) is 14.3 Å². The molecule has 1 fully saturated rings. The van der Waals surface area contributed by atoms with Crippen molar-refractivity contribution >= 4 is 17.8 Å². The molecule has 0 aromatic heterocycles. The Morgan fingerprint density at radius 3 is 2.36 bits per heavy atom. The monoisotopic (exact) mass is 458 g/mol. The van der Waals surface area contributed by atoms with E-state index >= 15 is 0 Å². The van der Waals surface area contributed by atoms with Crippen LogP contribution in [0, 0.1) is 23.7 Å². The second-order valence-electron chi connectivity index (χ2n) is 10.8. The van der Waals surface area contributed by atoms with E-state index in [1.54, 1.807) is 20.8 Å². The molecule has 0 heterocycles. The minimum Gasteiger partial charge on any atom is -0.444 e. The molecule has 2 amide bonds. The minimum atomic E-state index is -0.629. The van der Waals surface area contributed by atoms with Crippen molar-refractivity contribution < 1.29 is 19.1 Å². The first-order chi connectivity index (χ1) is 15.5. The zero-order chi connectivity index (χ0) is 24.6. The van der Waals surface area contributed by atoms with Crippen molar-refractivity contribution in [2.75, 3.05) is 6.54 Å². The van der Waals surface area contributed by atoms with E-state index in [0.29, 0.717) is 36.4 Å². The molecular formula is C27H42N2O4. The second-order valence-corrected chi connectivity index (χ2v) is 10.8. The largest absolute Gasteiger partial charge is 0.444 e. The number of hydrogen-bond donors (Lipinski definition) is 2. The van der Waals surface area contributed by atoms with E-state index in [1.165, 1.54) is 6.42 Å². The summed E-state index contributed by atoms with van der Waals surface area (Å²) in [6, 6.07) is 9.39. The molecular weight excluding hydrogens is 416 g/mol. The Morgan fingerprint density at radius 1 is 1.09 bits per heavy atom. The summed E-state index contributed by atoms with van der Waals surface area (Å²) < 4.78 is 5.19. The lowest BCUT2D eigenvalue weighted by atomic mass is 9.68. The fourth-order valence-corrected chi connectivity index (χ4v) is 4.76. The van der Waals surface area contributed by atoms with Crippen LogP contribution < -0.4 is 10.6 Å². The summed E-state index contributed by atoms with van der Waals surface area (Å²) in [5.74, 6) is 1.62. The van der Waals surface area contributed by atoms with E-state index in [-0.39, 0.29) is 24.4 Å². The quantitative estimate of drug-likeness (QED) is 0.517. The number of Topliss-reactive ketones (excluding diaryl/α,β-unsaturated/α-hetero) is 1. The number of hydrogen-bond acceptors (Lipinski definition) is 4. The number of nitrogens with one attached hydrogen (secondary N) is 2. The number of amides is 2. The van der Waals surface area contributed by atoms with Gasteiger partial charge in [-0.3, -0.25) is 9.59 Å². The summed E-state index contributed by atoms with van der Waals surface area (Å²) in [4.78, 5) is 37.7. The van der Waals surface area contributed by atoms with Gasteiger partial charge >= 0.3 is 6.09 Å². The second kappa shape index (κ2) is 12.2. The molecule has 2 N–H and O–H groups in total. The average molecular weight is 459 g/mol. The Balaban J connectivity index is 1.99. The number of carbonyl (C=O) groups is 3. The van der Waals surface area contributed by atoms with Crippen LogP contribution in [0.1, 0.15) is 85.3 Å². The van der Waals surface area contributed by atoms with E-state index in [4.69, 9.17) is 4.74 Å². The maximum atomic E-state index is 13.2. The van der Waals surface area contributed by atoms with E-state index in [9.17, 15) is 14.4 Å². The van der Waals surface area contributed by atoms with Gasteiger partial charge in [0.2, 0.25) is 5.91 Å². The molecule has 0 saturated heterocycles. The zero-order valence-corrected chi connectivity index (χ0v) is 21.1. The van der Waals surface area contributed by atoms with Crippen LogP contribution in [0.4, 0.5) is 4.79 Å². The number of benzene rings is 1. The molecule has 4 atom stereocenters. The molecule has 0 bridgehead atoms. The van der Waals surface area contributed by atoms with Crippen LogP contribution in [0.2, 0.25) is 0 Å². The van der Waals surface area contributed by atoms with Crippen LogP contribution in [0.5, 0.6) is 0 Å². The summed E-state index contributed by atoms with van der Waals surface area (Å²) in [6.45, 7) is 11.8. The summed E-state index contributed by atoms with van der Waals surface area (Å²) in [5, 5.41) is 5.49. The van der Waals surface area contributed by atoms with Gasteiger partial charge in [-0.05, 0) is 63.4 Å². The molecule has 1 aromatic carbocycles. The molecule has 184 valence electrons. The maximum Gasteiger partial charge on any atom is 0.408 e. The molecule has 1 aliphatic rings. The SMILES string of the molecule is CC(C)[C@@H]1CC[C@@H](C)C[C@H]1C(=O)CC[C@@H](NC(=O)CNC(=O)OC(C)(C)C)c1ccccc1. The van der Waals surface area contributed by atoms with Crippen LogP contribution in [0.3, 0.4) is 0 Å². The molecule has 33 heavy (non-hydrogen) atoms. The van der Waals surface area contributed by atoms with Gasteiger partial charge in [-0.25, -0.2) is 4.79 Å². The van der Waals surface area contributed by atoms with E-state index in [1.807, 2.05) is 30.3 Å². The predicted molar refractivity (Wildman–Crippen MR) is 131 cm³/mol. The Bertz CT molecular complexity index is 785. The van der Waals surface area contributed by atoms with E-state index < -0.39 is 11.7 Å². The van der Waals surface area contributed by atoms with E-state index in [0.717, 1.165) is 18.4 Å². The normalized spacial score (nSPS) is 21.8. The number of rotatable bonds is 9. The predicted octanol–water partition coefficient (Wildman–Crippen LogP) is 5.43. The number of alkyl carbamates (subject to hydrolysis) is 1. The molecule has 1 aliphatic carbocycles. The first-order valence-electron chi connectivity index (χ1n) is 12.3. The number of ether oxygens (including phenoxy) is 1. The highest BCUT2D eigenvalue weighted by molar-refractivity contribution is 5.83. The van der Waals surface area contributed by atoms with Crippen molar-refractivity contribution in [2.45, 2.75) is 85.3 Å². The van der Waals surface area contributed by atoms with Gasteiger partial charge in [-0.1, -0.05) is 57.5 Å². The first-order valence-corrected chi connectivity index (χ1v) is 12.3. The highest BCUT2D eigenvalue weighted by atomic mass is 16.6. The lowest BCUT2D eigenvalue weighted by Gasteiger charge is -2.36. The summed E-state index contributed by atoms with van der Waals surface area (Å²) in [6.07, 6.45) is 3.61. The zero-order valence-electron chi connectivity index (χ0n) is 21.1. The topological polar surface area (TPSA) is 84.5 Å². The molecule has 6 nitrogen and oxygen atoms in total. The fourth-order valence-electron chi connectivity index (χ4n) is 4.76. The molecule has 0 spiro atoms. The summed E-state index contributed by atoms with van der Waals surface area (Å²) in [7, 11) is 0. The Kier molecular flexibility index (Phi) is 9.93. The molecule has 2 rings (SSSR count). The molecule has 6 heteroatoms. The smallest absolute Gasteiger partial charge is 0.408 e. The highest BCUT2D eigenvalue weighted by Gasteiger charge is 2.35. The third-order valence-electron chi connectivity index (χ3n) is 6.44. The van der Waals surface area contributed by atoms with Gasteiger partial charge in [0.1, 0.15) is 17.9 Å². The fraction of sp³-hybridized carbons (Fsp3) is 0.667. The summed E-state index contributed by atoms with van der Waals surface area (Å²) >= 11 is 0. The van der Waals surface area contributed by atoms with Crippen molar-refractivity contribution in [3.05, 3.63) is 35.9 Å². The Morgan fingerprint density at radius 2 is 1.76 bits per heavy atom. The van der Waals surface area contributed by atoms with Gasteiger partial charge in [0.25, 0.3) is 0 Å². The van der Waals surface area contributed by atoms with Crippen LogP contribution in [0.15, 0.2) is 30.3 Å². The molecule has 0 unspecified atom stereocenters. The van der Waals surface area contributed by atoms with E-state index in [2.05, 4.69) is 31.4 Å². The first kappa shape index (κ1) is 26.9. The molecule has 0 aliphatic heterocycles. The Labute approximate surface area is 199 Å². The van der Waals surface area contributed by atoms with Crippen LogP contribution in [-0.4, -0.2) is 29.9 Å². The molecule has 1 aromatic rings. The Hall–Kier alpha value is -2.37. The number of ketones is 1. The standard InChI is InChI=1S/C27H42N2O4/c1-18(2)21-13-12-19(3)16-22(21)24(30)15-14-23(20-10-8-7-9-11-20)29-25(31)17-28-26(32)33-27(4,5)6/h7-11,18-19,21-23H,12-17H2,1-6H3,(H,28,32)(H,29,31)/t19-,21+,22-,23-/m1/s1. The maximum absolute atomic E-state index is 13.2. The van der Waals surface area contributed by atoms with Crippen molar-refractivity contribution in [3.63, 3.8) is 0 Å². The van der Waals surface area contributed by atoms with Crippen LogP contribution >= 0.6 is 0 Å². The lowest BCUT2D eigenvalue weighted by Crippen LogP contribution is -2.41. The van der Waals surface area contributed by atoms with Gasteiger partial charge in [0.15, 0.2) is 0 Å². The molecule has 0 radical (unpaired) electrons. The summed E-state index contributed by atoms with van der Waals surface area (Å²) in [5.41, 5.74) is 0.325. The van der Waals surface area contributed by atoms with Gasteiger partial charge in [-0.15, -0.1) is 0 Å². The van der Waals surface area contributed by atoms with Crippen molar-refractivity contribution in [3.8, 4) is 0 Å². The van der Waals surface area contributed by atoms with Gasteiger partial charge < -0.3 is 15.4 Å². The van der Waals surface area contributed by atoms with Crippen LogP contribution in [0.25, 0.3) is 0 Å². The third kappa shape index (κ3) is 9.18. The van der Waals surface area contributed by atoms with Gasteiger partial charge in [-0.2, -0.15) is 0 Å². The number of carbonyl (C=O) groups excluding carboxylic acids is 3. The van der Waals surface area contributed by atoms with Gasteiger partial charge in [0, 0.05) is 12.3 Å². The highest BCUT2D eigenvalue weighted by Crippen LogP contribution is 2.39.